The van der Waals surface area contributed by atoms with Crippen LogP contribution in [0.5, 0.6) is 0 Å². The smallest absolute Gasteiger partial charge is 0.310 e. The molecule has 0 bridgehead atoms. The summed E-state index contributed by atoms with van der Waals surface area (Å²) in [6.45, 7) is 0. The fourth-order valence-corrected chi connectivity index (χ4v) is 1.93. The number of rotatable bonds is 8. The van der Waals surface area contributed by atoms with Crippen LogP contribution in [0.4, 0.5) is 0 Å². The first-order chi connectivity index (χ1) is 8.65. The van der Waals surface area contributed by atoms with Crippen molar-refractivity contribution in [2.45, 2.75) is 37.8 Å². The monoisotopic (exact) mass is 251 g/mol. The van der Waals surface area contributed by atoms with Gasteiger partial charge in [-0.25, -0.2) is 0 Å². The average Bonchev–Trinajstić information content (AvgIpc) is 2.38. The molecule has 0 heterocycles. The molecule has 4 nitrogen and oxygen atoms in total. The maximum absolute atomic E-state index is 11.2. The number of benzene rings is 1. The van der Waals surface area contributed by atoms with Crippen LogP contribution in [0.1, 0.15) is 37.2 Å². The lowest BCUT2D eigenvalue weighted by Crippen LogP contribution is -2.21. The Hall–Kier alpha value is -1.39. The van der Waals surface area contributed by atoms with Gasteiger partial charge in [0.25, 0.3) is 0 Å². The third-order valence-corrected chi connectivity index (χ3v) is 3.03. The van der Waals surface area contributed by atoms with Crippen molar-refractivity contribution in [2.24, 2.45) is 5.73 Å². The quantitative estimate of drug-likeness (QED) is 0.549. The number of methoxy groups -OCH3 is 1. The molecule has 0 aliphatic carbocycles. The minimum Gasteiger partial charge on any atom is -0.481 e. The Morgan fingerprint density at radius 1 is 1.28 bits per heavy atom. The molecule has 2 unspecified atom stereocenters. The van der Waals surface area contributed by atoms with E-state index in [2.05, 4.69) is 0 Å². The molecule has 1 aromatic carbocycles. The molecule has 0 spiro atoms. The molecule has 0 saturated carbocycles. The minimum atomic E-state index is -0.766. The van der Waals surface area contributed by atoms with Crippen molar-refractivity contribution in [3.8, 4) is 0 Å². The summed E-state index contributed by atoms with van der Waals surface area (Å²) in [5.74, 6) is -1.19. The van der Waals surface area contributed by atoms with Gasteiger partial charge in [0.15, 0.2) is 0 Å². The van der Waals surface area contributed by atoms with E-state index in [1.807, 2.05) is 30.3 Å². The van der Waals surface area contributed by atoms with E-state index >= 15 is 0 Å². The van der Waals surface area contributed by atoms with Crippen molar-refractivity contribution in [2.75, 3.05) is 7.11 Å². The van der Waals surface area contributed by atoms with Gasteiger partial charge in [-0.05, 0) is 24.8 Å². The molecule has 0 radical (unpaired) electrons. The first kappa shape index (κ1) is 14.7. The molecule has 0 aromatic heterocycles. The molecule has 0 amide bonds. The molecule has 18 heavy (non-hydrogen) atoms. The highest BCUT2D eigenvalue weighted by atomic mass is 16.5. The van der Waals surface area contributed by atoms with E-state index in [1.165, 1.54) is 0 Å². The molecule has 4 heteroatoms. The van der Waals surface area contributed by atoms with E-state index in [0.717, 1.165) is 24.8 Å². The maximum atomic E-state index is 11.2. The highest BCUT2D eigenvalue weighted by Crippen LogP contribution is 2.22. The topological polar surface area (TPSA) is 72.5 Å². The van der Waals surface area contributed by atoms with E-state index in [4.69, 9.17) is 10.5 Å². The Morgan fingerprint density at radius 3 is 2.44 bits per heavy atom. The van der Waals surface area contributed by atoms with Crippen molar-refractivity contribution in [3.63, 3.8) is 0 Å². The molecule has 0 aliphatic heterocycles. The van der Waals surface area contributed by atoms with Gasteiger partial charge in [0.2, 0.25) is 0 Å². The highest BCUT2D eigenvalue weighted by Gasteiger charge is 2.18. The summed E-state index contributed by atoms with van der Waals surface area (Å²) in [7, 11) is 1.58. The number of carboxylic acids is 1. The van der Waals surface area contributed by atoms with Gasteiger partial charge in [-0.1, -0.05) is 36.8 Å². The van der Waals surface area contributed by atoms with Crippen LogP contribution in [0.2, 0.25) is 0 Å². The fourth-order valence-electron chi connectivity index (χ4n) is 1.93. The molecule has 0 aliphatic rings. The second-order valence-electron chi connectivity index (χ2n) is 4.36. The van der Waals surface area contributed by atoms with Gasteiger partial charge in [-0.3, -0.25) is 4.79 Å². The largest absolute Gasteiger partial charge is 0.481 e. The predicted molar refractivity (Wildman–Crippen MR) is 70.3 cm³/mol. The molecule has 1 aromatic rings. The van der Waals surface area contributed by atoms with Crippen LogP contribution in [-0.4, -0.2) is 24.4 Å². The Kier molecular flexibility index (Phi) is 6.39. The zero-order valence-electron chi connectivity index (χ0n) is 10.7. The van der Waals surface area contributed by atoms with Crippen LogP contribution in [0.3, 0.4) is 0 Å². The number of carbonyl (C=O) groups is 1. The van der Waals surface area contributed by atoms with Crippen LogP contribution in [-0.2, 0) is 9.53 Å². The second-order valence-corrected chi connectivity index (χ2v) is 4.36. The number of unbranched alkanes of at least 4 members (excludes halogenated alkanes) is 1. The van der Waals surface area contributed by atoms with Crippen LogP contribution in [0.15, 0.2) is 30.3 Å². The van der Waals surface area contributed by atoms with Crippen molar-refractivity contribution in [1.82, 2.24) is 0 Å². The first-order valence-electron chi connectivity index (χ1n) is 6.21. The van der Waals surface area contributed by atoms with E-state index < -0.39 is 11.9 Å². The molecular formula is C14H21NO3. The van der Waals surface area contributed by atoms with Gasteiger partial charge < -0.3 is 15.6 Å². The Morgan fingerprint density at radius 2 is 1.89 bits per heavy atom. The van der Waals surface area contributed by atoms with Crippen molar-refractivity contribution < 1.29 is 14.6 Å². The first-order valence-corrected chi connectivity index (χ1v) is 6.21. The number of carboxylic acid groups (broad SMARTS) is 1. The third-order valence-electron chi connectivity index (χ3n) is 3.03. The van der Waals surface area contributed by atoms with Crippen molar-refractivity contribution in [3.05, 3.63) is 35.9 Å². The Balaban J connectivity index is 2.43. The highest BCUT2D eigenvalue weighted by molar-refractivity contribution is 5.75. The van der Waals surface area contributed by atoms with E-state index in [0.29, 0.717) is 6.42 Å². The van der Waals surface area contributed by atoms with Gasteiger partial charge >= 0.3 is 5.97 Å². The minimum absolute atomic E-state index is 0.245. The summed E-state index contributed by atoms with van der Waals surface area (Å²) in [5.41, 5.74) is 6.48. The zero-order chi connectivity index (χ0) is 13.4. The molecule has 3 N–H and O–H groups in total. The fraction of sp³-hybridized carbons (Fsp3) is 0.500. The molecular weight excluding hydrogens is 230 g/mol. The van der Waals surface area contributed by atoms with E-state index in [1.54, 1.807) is 7.11 Å². The molecule has 0 fully saturated rings. The second kappa shape index (κ2) is 7.84. The van der Waals surface area contributed by atoms with Gasteiger partial charge in [-0.15, -0.1) is 0 Å². The lowest BCUT2D eigenvalue weighted by Gasteiger charge is -2.13. The van der Waals surface area contributed by atoms with Crippen LogP contribution < -0.4 is 5.73 Å². The number of hydrogen-bond donors (Lipinski definition) is 2. The SMILES string of the molecule is COC(N)CCCCC(C(=O)O)c1ccccc1. The molecule has 1 rings (SSSR count). The zero-order valence-corrected chi connectivity index (χ0v) is 10.7. The summed E-state index contributed by atoms with van der Waals surface area (Å²) in [4.78, 5) is 11.2. The van der Waals surface area contributed by atoms with Gasteiger partial charge in [0.1, 0.15) is 6.23 Å². The number of hydrogen-bond acceptors (Lipinski definition) is 3. The van der Waals surface area contributed by atoms with Gasteiger partial charge in [0.05, 0.1) is 5.92 Å². The van der Waals surface area contributed by atoms with Crippen LogP contribution in [0, 0.1) is 0 Å². The van der Waals surface area contributed by atoms with Gasteiger partial charge in [-0.2, -0.15) is 0 Å². The molecule has 0 saturated heterocycles. The average molecular weight is 251 g/mol. The maximum Gasteiger partial charge on any atom is 0.310 e. The lowest BCUT2D eigenvalue weighted by atomic mass is 9.93. The number of nitrogens with two attached hydrogens (primary N) is 1. The normalized spacial score (nSPS) is 14.1. The summed E-state index contributed by atoms with van der Waals surface area (Å²) in [6.07, 6.45) is 2.87. The van der Waals surface area contributed by atoms with Crippen molar-refractivity contribution in [1.29, 1.82) is 0 Å². The summed E-state index contributed by atoms with van der Waals surface area (Å²) >= 11 is 0. The van der Waals surface area contributed by atoms with E-state index in [9.17, 15) is 9.90 Å². The lowest BCUT2D eigenvalue weighted by molar-refractivity contribution is -0.139. The third kappa shape index (κ3) is 4.85. The Labute approximate surface area is 108 Å². The predicted octanol–water partition coefficient (Wildman–Crippen LogP) is 2.35. The van der Waals surface area contributed by atoms with E-state index in [-0.39, 0.29) is 6.23 Å². The number of ether oxygens (including phenoxy) is 1. The summed E-state index contributed by atoms with van der Waals surface area (Å²) in [5, 5.41) is 9.23. The summed E-state index contributed by atoms with van der Waals surface area (Å²) < 4.78 is 4.95. The van der Waals surface area contributed by atoms with Crippen LogP contribution >= 0.6 is 0 Å². The molecule has 100 valence electrons. The summed E-state index contributed by atoms with van der Waals surface area (Å²) in [6, 6.07) is 9.34. The standard InChI is InChI=1S/C14H21NO3/c1-18-13(15)10-6-5-9-12(14(16)17)11-7-3-2-4-8-11/h2-4,7-8,12-13H,5-6,9-10,15H2,1H3,(H,16,17). The van der Waals surface area contributed by atoms with Crippen molar-refractivity contribution >= 4 is 5.97 Å². The van der Waals surface area contributed by atoms with Crippen LogP contribution in [0.25, 0.3) is 0 Å². The molecule has 2 atom stereocenters. The van der Waals surface area contributed by atoms with Gasteiger partial charge in [0, 0.05) is 7.11 Å². The Bertz CT molecular complexity index is 353. The number of aliphatic carboxylic acids is 1.